The van der Waals surface area contributed by atoms with Crippen LogP contribution in [0.3, 0.4) is 0 Å². The van der Waals surface area contributed by atoms with Crippen LogP contribution in [-0.2, 0) is 15.3 Å². The molecule has 6 heteroatoms. The molecule has 2 aromatic rings. The van der Waals surface area contributed by atoms with Crippen LogP contribution in [0.25, 0.3) is 5.82 Å². The number of aromatic nitrogens is 3. The predicted molar refractivity (Wildman–Crippen MR) is 71.8 cm³/mol. The van der Waals surface area contributed by atoms with Crippen molar-refractivity contribution in [1.82, 2.24) is 14.8 Å². The molecular weight excluding hydrogens is 244 g/mol. The average Bonchev–Trinajstić information content (AvgIpc) is 2.81. The summed E-state index contributed by atoms with van der Waals surface area (Å²) in [4.78, 5) is 13.7. The van der Waals surface area contributed by atoms with Gasteiger partial charge in [-0.25, -0.2) is 20.0 Å². The van der Waals surface area contributed by atoms with Crippen molar-refractivity contribution >= 4 is 5.69 Å². The number of rotatable bonds is 4. The zero-order valence-corrected chi connectivity index (χ0v) is 11.5. The number of hydrogen-bond donors (Lipinski definition) is 1. The van der Waals surface area contributed by atoms with E-state index in [0.717, 1.165) is 17.2 Å². The quantitative estimate of drug-likeness (QED) is 0.677. The monoisotopic (exact) mass is 262 g/mol. The van der Waals surface area contributed by atoms with Crippen LogP contribution < -0.4 is 5.48 Å². The molecule has 0 atom stereocenters. The molecule has 0 aliphatic heterocycles. The first-order valence-corrected chi connectivity index (χ1v) is 5.99. The Bertz CT molecular complexity index is 531. The van der Waals surface area contributed by atoms with E-state index in [2.05, 4.69) is 41.2 Å². The van der Waals surface area contributed by atoms with Gasteiger partial charge in [-0.2, -0.15) is 5.10 Å². The van der Waals surface area contributed by atoms with Gasteiger partial charge in [-0.3, -0.25) is 0 Å². The molecule has 0 bridgehead atoms. The van der Waals surface area contributed by atoms with E-state index in [1.165, 1.54) is 7.11 Å². The number of pyridine rings is 1. The minimum absolute atomic E-state index is 0.131. The van der Waals surface area contributed by atoms with Crippen LogP contribution in [0.2, 0.25) is 0 Å². The third-order valence-corrected chi connectivity index (χ3v) is 2.58. The van der Waals surface area contributed by atoms with Gasteiger partial charge in [0.2, 0.25) is 0 Å². The van der Waals surface area contributed by atoms with E-state index in [1.54, 1.807) is 17.1 Å². The molecule has 1 N–H and O–H groups in total. The highest BCUT2D eigenvalue weighted by Gasteiger charge is 2.25. The van der Waals surface area contributed by atoms with Crippen LogP contribution in [-0.4, -0.2) is 21.9 Å². The zero-order valence-electron chi connectivity index (χ0n) is 11.5. The number of nitrogens with one attached hydrogen (secondary N) is 1. The molecule has 6 nitrogen and oxygen atoms in total. The smallest absolute Gasteiger partial charge is 0.153 e. The Balaban J connectivity index is 2.47. The second-order valence-corrected chi connectivity index (χ2v) is 5.11. The Labute approximate surface area is 112 Å². The molecule has 0 fully saturated rings. The van der Waals surface area contributed by atoms with Crippen molar-refractivity contribution in [2.75, 3.05) is 12.6 Å². The number of nitrogens with zero attached hydrogens (tertiary/aromatic N) is 3. The fourth-order valence-corrected chi connectivity index (χ4v) is 1.88. The highest BCUT2D eigenvalue weighted by molar-refractivity contribution is 5.50. The van der Waals surface area contributed by atoms with Crippen LogP contribution >= 0.6 is 0 Å². The van der Waals surface area contributed by atoms with Gasteiger partial charge in [-0.15, -0.1) is 4.99 Å². The highest BCUT2D eigenvalue weighted by Crippen LogP contribution is 2.31. The first-order valence-electron chi connectivity index (χ1n) is 5.99. The van der Waals surface area contributed by atoms with Gasteiger partial charge in [-0.1, -0.05) is 26.8 Å². The van der Waals surface area contributed by atoms with Crippen LogP contribution in [0.5, 0.6) is 0 Å². The number of hydrogen-bond acceptors (Lipinski definition) is 5. The maximum atomic E-state index is 4.78. The van der Waals surface area contributed by atoms with Gasteiger partial charge in [0, 0.05) is 11.6 Å². The fourth-order valence-electron chi connectivity index (χ4n) is 1.88. The Morgan fingerprint density at radius 3 is 2.63 bits per heavy atom. The summed E-state index contributed by atoms with van der Waals surface area (Å²) < 4.78 is 1.79. The molecule has 19 heavy (non-hydrogen) atoms. The second kappa shape index (κ2) is 5.38. The van der Waals surface area contributed by atoms with Crippen LogP contribution in [0, 0.1) is 0 Å². The van der Waals surface area contributed by atoms with E-state index >= 15 is 0 Å². The lowest BCUT2D eigenvalue weighted by Gasteiger charge is -2.21. The van der Waals surface area contributed by atoms with Crippen molar-refractivity contribution in [2.24, 2.45) is 0 Å². The normalized spacial score (nSPS) is 11.6. The first kappa shape index (κ1) is 13.5. The lowest BCUT2D eigenvalue weighted by Crippen LogP contribution is -2.20. The Hall–Kier alpha value is -1.92. The third kappa shape index (κ3) is 2.91. The van der Waals surface area contributed by atoms with Crippen LogP contribution in [0.15, 0.2) is 30.6 Å². The van der Waals surface area contributed by atoms with Crippen molar-refractivity contribution in [3.63, 3.8) is 0 Å². The minimum Gasteiger partial charge on any atom is -0.237 e. The van der Waals surface area contributed by atoms with E-state index in [-0.39, 0.29) is 5.41 Å². The van der Waals surface area contributed by atoms with E-state index in [9.17, 15) is 0 Å². The highest BCUT2D eigenvalue weighted by atomic mass is 17.3. The van der Waals surface area contributed by atoms with Crippen molar-refractivity contribution in [3.05, 3.63) is 36.3 Å². The van der Waals surface area contributed by atoms with Gasteiger partial charge in [0.25, 0.3) is 0 Å². The number of anilines is 1. The van der Waals surface area contributed by atoms with E-state index < -0.39 is 0 Å². The maximum absolute atomic E-state index is 4.78. The Morgan fingerprint density at radius 2 is 2.05 bits per heavy atom. The lowest BCUT2D eigenvalue weighted by molar-refractivity contribution is -0.248. The van der Waals surface area contributed by atoms with Gasteiger partial charge < -0.3 is 0 Å². The van der Waals surface area contributed by atoms with Gasteiger partial charge >= 0.3 is 0 Å². The van der Waals surface area contributed by atoms with Crippen molar-refractivity contribution in [2.45, 2.75) is 26.2 Å². The van der Waals surface area contributed by atoms with E-state index in [0.29, 0.717) is 0 Å². The summed E-state index contributed by atoms with van der Waals surface area (Å²) in [6.45, 7) is 6.30. The molecule has 0 aliphatic rings. The molecule has 0 amide bonds. The molecule has 0 spiro atoms. The van der Waals surface area contributed by atoms with Gasteiger partial charge in [0.15, 0.2) is 5.82 Å². The second-order valence-electron chi connectivity index (χ2n) is 5.11. The fraction of sp³-hybridized carbons (Fsp3) is 0.385. The molecule has 0 saturated carbocycles. The topological polar surface area (TPSA) is 61.2 Å². The lowest BCUT2D eigenvalue weighted by atomic mass is 9.91. The SMILES string of the molecule is COONc1cnn(-c2ccccn2)c1C(C)(C)C. The summed E-state index contributed by atoms with van der Waals surface area (Å²) in [5.74, 6) is 0.762. The summed E-state index contributed by atoms with van der Waals surface area (Å²) in [6.07, 6.45) is 3.43. The zero-order chi connectivity index (χ0) is 13.9. The molecule has 0 saturated heterocycles. The first-order chi connectivity index (χ1) is 9.04. The molecule has 2 rings (SSSR count). The standard InChI is InChI=1S/C13H18N4O2/c1-13(2,3)12-10(16-19-18-4)9-15-17(12)11-7-5-6-8-14-11/h5-9,16H,1-4H3. The van der Waals surface area contributed by atoms with E-state index in [4.69, 9.17) is 4.99 Å². The summed E-state index contributed by atoms with van der Waals surface area (Å²) in [7, 11) is 1.44. The summed E-state index contributed by atoms with van der Waals surface area (Å²) in [5.41, 5.74) is 4.31. The Morgan fingerprint density at radius 1 is 1.26 bits per heavy atom. The molecule has 0 unspecified atom stereocenters. The maximum Gasteiger partial charge on any atom is 0.153 e. The van der Waals surface area contributed by atoms with Crippen molar-refractivity contribution < 1.29 is 9.88 Å². The molecule has 0 radical (unpaired) electrons. The average molecular weight is 262 g/mol. The van der Waals surface area contributed by atoms with Crippen molar-refractivity contribution in [3.8, 4) is 5.82 Å². The van der Waals surface area contributed by atoms with Crippen LogP contribution in [0.1, 0.15) is 26.5 Å². The van der Waals surface area contributed by atoms with Gasteiger partial charge in [0.1, 0.15) is 5.69 Å². The summed E-state index contributed by atoms with van der Waals surface area (Å²) in [5, 5.41) is 4.36. The largest absolute Gasteiger partial charge is 0.237 e. The minimum atomic E-state index is -0.131. The molecule has 0 aliphatic carbocycles. The van der Waals surface area contributed by atoms with E-state index in [1.807, 2.05) is 18.2 Å². The molecular formula is C13H18N4O2. The predicted octanol–water partition coefficient (Wildman–Crippen LogP) is 2.47. The summed E-state index contributed by atoms with van der Waals surface area (Å²) >= 11 is 0. The summed E-state index contributed by atoms with van der Waals surface area (Å²) in [6, 6.07) is 5.70. The molecule has 102 valence electrons. The van der Waals surface area contributed by atoms with Gasteiger partial charge in [0.05, 0.1) is 19.0 Å². The van der Waals surface area contributed by atoms with Gasteiger partial charge in [-0.05, 0) is 12.1 Å². The van der Waals surface area contributed by atoms with Crippen LogP contribution in [0.4, 0.5) is 5.69 Å². The Kier molecular flexibility index (Phi) is 3.82. The molecule has 2 aromatic heterocycles. The molecule has 2 heterocycles. The van der Waals surface area contributed by atoms with Crippen molar-refractivity contribution in [1.29, 1.82) is 0 Å². The molecule has 0 aromatic carbocycles. The third-order valence-electron chi connectivity index (χ3n) is 2.58.